The SMILES string of the molecule is COc1ccc(N2CCN(c3cc(C(=O)O)c4cc(NC(=O)C5CCC5)ccc4n3)CC2)cc1. The third-order valence-corrected chi connectivity index (χ3v) is 6.81. The maximum Gasteiger partial charge on any atom is 0.336 e. The lowest BCUT2D eigenvalue weighted by Crippen LogP contribution is -2.46. The number of nitrogens with zero attached hydrogens (tertiary/aromatic N) is 3. The number of nitrogens with one attached hydrogen (secondary N) is 1. The van der Waals surface area contributed by atoms with Crippen molar-refractivity contribution in [1.29, 1.82) is 0 Å². The van der Waals surface area contributed by atoms with E-state index in [0.717, 1.165) is 56.9 Å². The van der Waals surface area contributed by atoms with Gasteiger partial charge in [-0.15, -0.1) is 0 Å². The molecule has 8 heteroatoms. The monoisotopic (exact) mass is 460 g/mol. The number of hydrogen-bond acceptors (Lipinski definition) is 6. The number of amides is 1. The predicted octanol–water partition coefficient (Wildman–Crippen LogP) is 4.01. The lowest BCUT2D eigenvalue weighted by atomic mass is 9.85. The number of carboxylic acid groups (broad SMARTS) is 1. The topological polar surface area (TPSA) is 95.0 Å². The largest absolute Gasteiger partial charge is 0.497 e. The van der Waals surface area contributed by atoms with Gasteiger partial charge in [0.2, 0.25) is 5.91 Å². The molecule has 2 aliphatic rings. The third kappa shape index (κ3) is 4.35. The lowest BCUT2D eigenvalue weighted by molar-refractivity contribution is -0.122. The molecule has 8 nitrogen and oxygen atoms in total. The van der Waals surface area contributed by atoms with Crippen LogP contribution in [0.1, 0.15) is 29.6 Å². The minimum atomic E-state index is -1.01. The highest BCUT2D eigenvalue weighted by molar-refractivity contribution is 6.05. The molecule has 2 N–H and O–H groups in total. The van der Waals surface area contributed by atoms with Gasteiger partial charge in [-0.2, -0.15) is 0 Å². The van der Waals surface area contributed by atoms with Crippen LogP contribution in [0.4, 0.5) is 17.2 Å². The molecule has 2 heterocycles. The van der Waals surface area contributed by atoms with E-state index in [2.05, 4.69) is 15.1 Å². The first-order valence-electron chi connectivity index (χ1n) is 11.6. The number of carbonyl (C=O) groups is 2. The van der Waals surface area contributed by atoms with Crippen molar-refractivity contribution >= 4 is 40.0 Å². The van der Waals surface area contributed by atoms with Gasteiger partial charge in [-0.05, 0) is 61.4 Å². The van der Waals surface area contributed by atoms with Crippen molar-refractivity contribution in [2.45, 2.75) is 19.3 Å². The second-order valence-electron chi connectivity index (χ2n) is 8.85. The van der Waals surface area contributed by atoms with Crippen molar-refractivity contribution in [3.63, 3.8) is 0 Å². The average molecular weight is 461 g/mol. The number of aromatic carboxylic acids is 1. The van der Waals surface area contributed by atoms with Crippen molar-refractivity contribution < 1.29 is 19.4 Å². The lowest BCUT2D eigenvalue weighted by Gasteiger charge is -2.37. The zero-order chi connectivity index (χ0) is 23.7. The van der Waals surface area contributed by atoms with Crippen LogP contribution in [0.2, 0.25) is 0 Å². The van der Waals surface area contributed by atoms with Crippen LogP contribution in [0.5, 0.6) is 5.75 Å². The smallest absolute Gasteiger partial charge is 0.336 e. The van der Waals surface area contributed by atoms with Gasteiger partial charge in [0, 0.05) is 48.9 Å². The molecule has 1 aromatic heterocycles. The number of pyridine rings is 1. The first kappa shape index (κ1) is 22.0. The standard InChI is InChI=1S/C26H28N4O4/c1-34-20-8-6-19(7-9-20)29-11-13-30(14-12-29)24-16-22(26(32)33)21-15-18(5-10-23(21)28-24)27-25(31)17-3-2-4-17/h5-10,15-17H,2-4,11-14H2,1H3,(H,27,31)(H,32,33). The zero-order valence-corrected chi connectivity index (χ0v) is 19.2. The van der Waals surface area contributed by atoms with Gasteiger partial charge in [0.1, 0.15) is 11.6 Å². The van der Waals surface area contributed by atoms with Gasteiger partial charge in [0.15, 0.2) is 0 Å². The van der Waals surface area contributed by atoms with Gasteiger partial charge in [0.25, 0.3) is 0 Å². The van der Waals surface area contributed by atoms with Gasteiger partial charge in [-0.3, -0.25) is 4.79 Å². The number of methoxy groups -OCH3 is 1. The predicted molar refractivity (Wildman–Crippen MR) is 132 cm³/mol. The molecule has 0 spiro atoms. The number of rotatable bonds is 6. The number of benzene rings is 2. The number of piperazine rings is 1. The minimum Gasteiger partial charge on any atom is -0.497 e. The van der Waals surface area contributed by atoms with Crippen molar-refractivity contribution in [2.24, 2.45) is 5.92 Å². The fraction of sp³-hybridized carbons (Fsp3) is 0.346. The van der Waals surface area contributed by atoms with E-state index >= 15 is 0 Å². The zero-order valence-electron chi connectivity index (χ0n) is 19.2. The van der Waals surface area contributed by atoms with Crippen LogP contribution in [0.25, 0.3) is 10.9 Å². The van der Waals surface area contributed by atoms with Gasteiger partial charge in [-0.25, -0.2) is 9.78 Å². The van der Waals surface area contributed by atoms with Crippen molar-refractivity contribution in [2.75, 3.05) is 48.4 Å². The van der Waals surface area contributed by atoms with E-state index in [4.69, 9.17) is 9.72 Å². The normalized spacial score (nSPS) is 16.3. The number of ether oxygens (including phenoxy) is 1. The summed E-state index contributed by atoms with van der Waals surface area (Å²) in [4.78, 5) is 33.6. The van der Waals surface area contributed by atoms with Crippen LogP contribution < -0.4 is 19.9 Å². The molecule has 0 atom stereocenters. The van der Waals surface area contributed by atoms with Gasteiger partial charge >= 0.3 is 5.97 Å². The molecular weight excluding hydrogens is 432 g/mol. The number of carboxylic acids is 1. The van der Waals surface area contributed by atoms with E-state index in [1.165, 1.54) is 0 Å². The molecule has 1 saturated carbocycles. The Bertz CT molecular complexity index is 1220. The number of fused-ring (bicyclic) bond motifs is 1. The van der Waals surface area contributed by atoms with Crippen LogP contribution in [-0.4, -0.2) is 55.3 Å². The molecule has 5 rings (SSSR count). The number of anilines is 3. The Morgan fingerprint density at radius 2 is 1.71 bits per heavy atom. The fourth-order valence-electron chi connectivity index (χ4n) is 4.53. The third-order valence-electron chi connectivity index (χ3n) is 6.81. The van der Waals surface area contributed by atoms with E-state index in [1.807, 2.05) is 24.3 Å². The summed E-state index contributed by atoms with van der Waals surface area (Å²) < 4.78 is 5.24. The molecular formula is C26H28N4O4. The van der Waals surface area contributed by atoms with Crippen molar-refractivity contribution in [3.05, 3.63) is 54.1 Å². The highest BCUT2D eigenvalue weighted by Crippen LogP contribution is 2.30. The highest BCUT2D eigenvalue weighted by atomic mass is 16.5. The Labute approximate surface area is 198 Å². The Kier molecular flexibility index (Phi) is 5.96. The highest BCUT2D eigenvalue weighted by Gasteiger charge is 2.26. The molecule has 0 bridgehead atoms. The van der Waals surface area contributed by atoms with E-state index in [0.29, 0.717) is 22.4 Å². The number of carbonyl (C=O) groups excluding carboxylic acids is 1. The average Bonchev–Trinajstić information content (AvgIpc) is 2.82. The molecule has 1 amide bonds. The first-order valence-corrected chi connectivity index (χ1v) is 11.6. The van der Waals surface area contributed by atoms with E-state index in [9.17, 15) is 14.7 Å². The van der Waals surface area contributed by atoms with E-state index < -0.39 is 5.97 Å². The Morgan fingerprint density at radius 1 is 1.00 bits per heavy atom. The summed E-state index contributed by atoms with van der Waals surface area (Å²) in [5.74, 6) is 0.543. The van der Waals surface area contributed by atoms with Gasteiger partial charge in [0.05, 0.1) is 18.2 Å². The number of aromatic nitrogens is 1. The van der Waals surface area contributed by atoms with Gasteiger partial charge < -0.3 is 25.0 Å². The van der Waals surface area contributed by atoms with Crippen LogP contribution in [0.3, 0.4) is 0 Å². The van der Waals surface area contributed by atoms with E-state index in [1.54, 1.807) is 31.4 Å². The van der Waals surface area contributed by atoms with Crippen LogP contribution in [0, 0.1) is 5.92 Å². The second kappa shape index (κ2) is 9.21. The summed E-state index contributed by atoms with van der Waals surface area (Å²) >= 11 is 0. The second-order valence-corrected chi connectivity index (χ2v) is 8.85. The maximum absolute atomic E-state index is 12.3. The fourth-order valence-corrected chi connectivity index (χ4v) is 4.53. The van der Waals surface area contributed by atoms with E-state index in [-0.39, 0.29) is 17.4 Å². The molecule has 0 radical (unpaired) electrons. The van der Waals surface area contributed by atoms with Crippen LogP contribution >= 0.6 is 0 Å². The molecule has 0 unspecified atom stereocenters. The molecule has 1 aliphatic heterocycles. The Balaban J connectivity index is 1.34. The summed E-state index contributed by atoms with van der Waals surface area (Å²) in [6, 6.07) is 14.9. The first-order chi connectivity index (χ1) is 16.5. The Hall–Kier alpha value is -3.81. The summed E-state index contributed by atoms with van der Waals surface area (Å²) in [6.45, 7) is 3.08. The van der Waals surface area contributed by atoms with Gasteiger partial charge in [-0.1, -0.05) is 6.42 Å². The van der Waals surface area contributed by atoms with Crippen LogP contribution in [0.15, 0.2) is 48.5 Å². The molecule has 1 aliphatic carbocycles. The molecule has 34 heavy (non-hydrogen) atoms. The summed E-state index contributed by atoms with van der Waals surface area (Å²) in [5, 5.41) is 13.3. The molecule has 2 aromatic carbocycles. The Morgan fingerprint density at radius 3 is 2.32 bits per heavy atom. The number of hydrogen-bond donors (Lipinski definition) is 2. The van der Waals surface area contributed by atoms with Crippen molar-refractivity contribution in [1.82, 2.24) is 4.98 Å². The molecule has 176 valence electrons. The maximum atomic E-state index is 12.3. The van der Waals surface area contributed by atoms with Crippen molar-refractivity contribution in [3.8, 4) is 5.75 Å². The quantitative estimate of drug-likeness (QED) is 0.574. The molecule has 2 fully saturated rings. The molecule has 3 aromatic rings. The minimum absolute atomic E-state index is 0.00165. The summed E-state index contributed by atoms with van der Waals surface area (Å²) in [6.07, 6.45) is 2.91. The summed E-state index contributed by atoms with van der Waals surface area (Å²) in [5.41, 5.74) is 2.54. The molecule has 1 saturated heterocycles. The summed E-state index contributed by atoms with van der Waals surface area (Å²) in [7, 11) is 1.65. The van der Waals surface area contributed by atoms with Crippen LogP contribution in [-0.2, 0) is 4.79 Å².